The van der Waals surface area contributed by atoms with Crippen molar-refractivity contribution in [2.45, 2.75) is 89.6 Å². The van der Waals surface area contributed by atoms with Crippen molar-refractivity contribution < 1.29 is 22.6 Å². The second-order valence-electron chi connectivity index (χ2n) is 11.6. The minimum absolute atomic E-state index is 0.00218. The standard InChI is InChI=1S/C36H47F2N3O3S/c1-4-11-33(12-5-2)45(44)25-34(40-35(42)29-15-8-7-9-16-29)36(43)41(24-27-14-10-13-26(6-3)19-27)18-17-32(39)22-28-20-30(37)23-31(38)21-28/h7-10,13-16,19-21,23,32-34H,4-6,11-12,17-18,22,24-25,39H2,1-3H3,(H,40,42)/t32-,34?,45?/m1/s1. The summed E-state index contributed by atoms with van der Waals surface area (Å²) in [7, 11) is -1.35. The Bertz CT molecular complexity index is 1380. The van der Waals surface area contributed by atoms with Gasteiger partial charge in [-0.1, -0.05) is 76.1 Å². The summed E-state index contributed by atoms with van der Waals surface area (Å²) in [5.41, 5.74) is 9.31. The number of aryl methyl sites for hydroxylation is 1. The summed E-state index contributed by atoms with van der Waals surface area (Å²) >= 11 is 0. The first kappa shape index (κ1) is 36.0. The molecule has 0 saturated carbocycles. The molecule has 2 amide bonds. The molecule has 0 saturated heterocycles. The molecular weight excluding hydrogens is 592 g/mol. The maximum absolute atomic E-state index is 14.3. The van der Waals surface area contributed by atoms with E-state index in [1.165, 1.54) is 12.1 Å². The second-order valence-corrected chi connectivity index (χ2v) is 13.4. The number of hydrogen-bond acceptors (Lipinski definition) is 4. The van der Waals surface area contributed by atoms with Crippen LogP contribution in [0.5, 0.6) is 0 Å². The Kier molecular flexibility index (Phi) is 14.8. The molecule has 3 aromatic carbocycles. The van der Waals surface area contributed by atoms with Crippen molar-refractivity contribution in [2.75, 3.05) is 12.3 Å². The molecule has 0 spiro atoms. The Morgan fingerprint density at radius 3 is 2.11 bits per heavy atom. The SMILES string of the molecule is CCCC(CCC)S(=O)CC(NC(=O)c1ccccc1)C(=O)N(CC[C@@H](N)Cc1cc(F)cc(F)c1)Cc1cccc(CC)c1. The van der Waals surface area contributed by atoms with Crippen molar-refractivity contribution in [2.24, 2.45) is 5.73 Å². The molecule has 0 aromatic heterocycles. The molecule has 3 N–H and O–H groups in total. The Hall–Kier alpha value is -3.43. The van der Waals surface area contributed by atoms with Crippen LogP contribution in [0.2, 0.25) is 0 Å². The maximum atomic E-state index is 14.3. The first-order chi connectivity index (χ1) is 21.6. The molecule has 0 fully saturated rings. The number of benzene rings is 3. The molecule has 0 aliphatic heterocycles. The van der Waals surface area contributed by atoms with Crippen molar-refractivity contribution in [3.05, 3.63) is 107 Å². The lowest BCUT2D eigenvalue weighted by Gasteiger charge is -2.30. The van der Waals surface area contributed by atoms with E-state index in [1.54, 1.807) is 29.2 Å². The highest BCUT2D eigenvalue weighted by molar-refractivity contribution is 7.85. The highest BCUT2D eigenvalue weighted by atomic mass is 32.2. The van der Waals surface area contributed by atoms with Crippen LogP contribution in [0, 0.1) is 11.6 Å². The Labute approximate surface area is 269 Å². The fourth-order valence-corrected chi connectivity index (χ4v) is 7.29. The van der Waals surface area contributed by atoms with E-state index >= 15 is 0 Å². The molecule has 9 heteroatoms. The zero-order chi connectivity index (χ0) is 32.8. The lowest BCUT2D eigenvalue weighted by molar-refractivity contribution is -0.133. The molecule has 0 radical (unpaired) electrons. The molecule has 3 rings (SSSR count). The van der Waals surface area contributed by atoms with Crippen LogP contribution >= 0.6 is 0 Å². The number of carbonyl (C=O) groups is 2. The summed E-state index contributed by atoms with van der Waals surface area (Å²) in [4.78, 5) is 29.3. The van der Waals surface area contributed by atoms with Crippen LogP contribution in [0.25, 0.3) is 0 Å². The summed E-state index contributed by atoms with van der Waals surface area (Å²) in [5.74, 6) is -2.09. The normalized spacial score (nSPS) is 13.3. The smallest absolute Gasteiger partial charge is 0.251 e. The molecule has 2 unspecified atom stereocenters. The van der Waals surface area contributed by atoms with Gasteiger partial charge in [0.2, 0.25) is 5.91 Å². The van der Waals surface area contributed by atoms with Crippen LogP contribution in [-0.2, 0) is 35.0 Å². The first-order valence-corrected chi connectivity index (χ1v) is 17.3. The van der Waals surface area contributed by atoms with Crippen LogP contribution in [0.1, 0.15) is 79.9 Å². The average molecular weight is 640 g/mol. The predicted octanol–water partition coefficient (Wildman–Crippen LogP) is 6.33. The van der Waals surface area contributed by atoms with E-state index in [1.807, 2.05) is 44.2 Å². The number of halogens is 2. The number of carbonyl (C=O) groups excluding carboxylic acids is 2. The van der Waals surface area contributed by atoms with Gasteiger partial charge in [-0.3, -0.25) is 13.8 Å². The van der Waals surface area contributed by atoms with Crippen molar-refractivity contribution >= 4 is 22.6 Å². The van der Waals surface area contributed by atoms with Gasteiger partial charge in [0.1, 0.15) is 17.7 Å². The van der Waals surface area contributed by atoms with Crippen LogP contribution in [0.4, 0.5) is 8.78 Å². The number of hydrogen-bond donors (Lipinski definition) is 2. The van der Waals surface area contributed by atoms with Gasteiger partial charge in [-0.25, -0.2) is 8.78 Å². The molecule has 0 heterocycles. The molecule has 0 bridgehead atoms. The number of nitrogens with zero attached hydrogens (tertiary/aromatic N) is 1. The Morgan fingerprint density at radius 2 is 1.49 bits per heavy atom. The molecule has 6 nitrogen and oxygen atoms in total. The van der Waals surface area contributed by atoms with E-state index < -0.39 is 40.4 Å². The number of nitrogens with two attached hydrogens (primary N) is 1. The van der Waals surface area contributed by atoms with Crippen molar-refractivity contribution in [3.8, 4) is 0 Å². The van der Waals surface area contributed by atoms with E-state index in [4.69, 9.17) is 5.73 Å². The first-order valence-electron chi connectivity index (χ1n) is 15.9. The minimum Gasteiger partial charge on any atom is -0.339 e. The van der Waals surface area contributed by atoms with E-state index in [0.717, 1.165) is 49.3 Å². The third kappa shape index (κ3) is 11.8. The highest BCUT2D eigenvalue weighted by Crippen LogP contribution is 2.17. The zero-order valence-corrected chi connectivity index (χ0v) is 27.5. The molecule has 3 atom stereocenters. The second kappa shape index (κ2) is 18.5. The fraction of sp³-hybridized carbons (Fsp3) is 0.444. The molecule has 0 aliphatic carbocycles. The van der Waals surface area contributed by atoms with Crippen molar-refractivity contribution in [1.82, 2.24) is 10.2 Å². The fourth-order valence-electron chi connectivity index (χ4n) is 5.47. The van der Waals surface area contributed by atoms with Gasteiger partial charge in [0, 0.05) is 46.8 Å². The summed E-state index contributed by atoms with van der Waals surface area (Å²) in [6.07, 6.45) is 4.72. The van der Waals surface area contributed by atoms with E-state index in [2.05, 4.69) is 12.2 Å². The van der Waals surface area contributed by atoms with E-state index in [9.17, 15) is 22.6 Å². The molecule has 3 aromatic rings. The summed E-state index contributed by atoms with van der Waals surface area (Å²) in [6.45, 7) is 6.67. The van der Waals surface area contributed by atoms with Gasteiger partial charge in [0.25, 0.3) is 5.91 Å². The predicted molar refractivity (Wildman–Crippen MR) is 178 cm³/mol. The molecule has 45 heavy (non-hydrogen) atoms. The molecule has 0 aliphatic rings. The van der Waals surface area contributed by atoms with Crippen LogP contribution in [0.3, 0.4) is 0 Å². The number of nitrogens with one attached hydrogen (secondary N) is 1. The van der Waals surface area contributed by atoms with Gasteiger partial charge in [-0.05, 0) is 73.1 Å². The van der Waals surface area contributed by atoms with Gasteiger partial charge in [0.15, 0.2) is 0 Å². The van der Waals surface area contributed by atoms with Gasteiger partial charge < -0.3 is 16.0 Å². The minimum atomic E-state index is -1.35. The van der Waals surface area contributed by atoms with Crippen molar-refractivity contribution in [3.63, 3.8) is 0 Å². The lowest BCUT2D eigenvalue weighted by Crippen LogP contribution is -2.52. The van der Waals surface area contributed by atoms with E-state index in [-0.39, 0.29) is 36.4 Å². The maximum Gasteiger partial charge on any atom is 0.251 e. The van der Waals surface area contributed by atoms with Crippen LogP contribution < -0.4 is 11.1 Å². The summed E-state index contributed by atoms with van der Waals surface area (Å²) in [5, 5.41) is 2.82. The van der Waals surface area contributed by atoms with Crippen molar-refractivity contribution in [1.29, 1.82) is 0 Å². The highest BCUT2D eigenvalue weighted by Gasteiger charge is 2.30. The van der Waals surface area contributed by atoms with Crippen LogP contribution in [0.15, 0.2) is 72.8 Å². The molecular formula is C36H47F2N3O3S. The summed E-state index contributed by atoms with van der Waals surface area (Å²) < 4.78 is 41.2. The molecule has 244 valence electrons. The third-order valence-electron chi connectivity index (χ3n) is 7.84. The van der Waals surface area contributed by atoms with Gasteiger partial charge in [-0.2, -0.15) is 0 Å². The van der Waals surface area contributed by atoms with Crippen LogP contribution in [-0.4, -0.2) is 50.6 Å². The number of rotatable bonds is 18. The zero-order valence-electron chi connectivity index (χ0n) is 26.6. The summed E-state index contributed by atoms with van der Waals surface area (Å²) in [6, 6.07) is 18.5. The monoisotopic (exact) mass is 639 g/mol. The van der Waals surface area contributed by atoms with E-state index in [0.29, 0.717) is 17.5 Å². The third-order valence-corrected chi connectivity index (χ3v) is 9.72. The average Bonchev–Trinajstić information content (AvgIpc) is 3.02. The van der Waals surface area contributed by atoms with Gasteiger partial charge in [0.05, 0.1) is 5.75 Å². The quantitative estimate of drug-likeness (QED) is 0.170. The topological polar surface area (TPSA) is 92.5 Å². The Balaban J connectivity index is 1.89. The largest absolute Gasteiger partial charge is 0.339 e. The lowest BCUT2D eigenvalue weighted by atomic mass is 10.0. The number of amides is 2. The van der Waals surface area contributed by atoms with Gasteiger partial charge >= 0.3 is 0 Å². The van der Waals surface area contributed by atoms with Gasteiger partial charge in [-0.15, -0.1) is 0 Å². The Morgan fingerprint density at radius 1 is 0.844 bits per heavy atom.